The van der Waals surface area contributed by atoms with Gasteiger partial charge in [-0.2, -0.15) is 0 Å². The van der Waals surface area contributed by atoms with E-state index >= 15 is 0 Å². The standard InChI is InChI=1S/C12H19N5O/c1-2-3-9-6-11(16-8-15-9)17-5-4-14-7-10(17)12(13)18/h6,8,10,14H,2-5,7H2,1H3,(H2,13,18). The Kier molecular flexibility index (Phi) is 4.09. The predicted molar refractivity (Wildman–Crippen MR) is 69.2 cm³/mol. The molecule has 18 heavy (non-hydrogen) atoms. The third kappa shape index (κ3) is 2.76. The number of amides is 1. The molecule has 1 unspecified atom stereocenters. The minimum Gasteiger partial charge on any atom is -0.368 e. The summed E-state index contributed by atoms with van der Waals surface area (Å²) in [6.45, 7) is 4.24. The highest BCUT2D eigenvalue weighted by molar-refractivity contribution is 5.83. The lowest BCUT2D eigenvalue weighted by Gasteiger charge is -2.35. The topological polar surface area (TPSA) is 84.1 Å². The lowest BCUT2D eigenvalue weighted by atomic mass is 10.1. The maximum Gasteiger partial charge on any atom is 0.241 e. The molecular formula is C12H19N5O. The maximum absolute atomic E-state index is 11.4. The molecule has 6 nitrogen and oxygen atoms in total. The molecule has 0 saturated carbocycles. The zero-order chi connectivity index (χ0) is 13.0. The number of rotatable bonds is 4. The summed E-state index contributed by atoms with van der Waals surface area (Å²) in [5.74, 6) is 0.469. The first-order valence-electron chi connectivity index (χ1n) is 6.30. The number of hydrogen-bond donors (Lipinski definition) is 2. The first-order valence-corrected chi connectivity index (χ1v) is 6.30. The normalized spacial score (nSPS) is 19.8. The smallest absolute Gasteiger partial charge is 0.241 e. The molecule has 1 atom stereocenters. The Hall–Kier alpha value is -1.69. The van der Waals surface area contributed by atoms with Crippen LogP contribution in [0.25, 0.3) is 0 Å². The molecule has 1 aliphatic heterocycles. The van der Waals surface area contributed by atoms with Gasteiger partial charge >= 0.3 is 0 Å². The van der Waals surface area contributed by atoms with E-state index in [2.05, 4.69) is 22.2 Å². The number of anilines is 1. The van der Waals surface area contributed by atoms with E-state index in [-0.39, 0.29) is 11.9 Å². The molecule has 0 bridgehead atoms. The van der Waals surface area contributed by atoms with Crippen molar-refractivity contribution in [3.8, 4) is 0 Å². The molecule has 0 aliphatic carbocycles. The van der Waals surface area contributed by atoms with Crippen molar-refractivity contribution in [1.82, 2.24) is 15.3 Å². The highest BCUT2D eigenvalue weighted by Gasteiger charge is 2.27. The lowest BCUT2D eigenvalue weighted by Crippen LogP contribution is -2.57. The quantitative estimate of drug-likeness (QED) is 0.765. The van der Waals surface area contributed by atoms with Crippen molar-refractivity contribution in [3.05, 3.63) is 18.1 Å². The van der Waals surface area contributed by atoms with Gasteiger partial charge in [-0.05, 0) is 6.42 Å². The number of aromatic nitrogens is 2. The van der Waals surface area contributed by atoms with E-state index in [1.807, 2.05) is 11.0 Å². The van der Waals surface area contributed by atoms with Gasteiger partial charge in [0.2, 0.25) is 5.91 Å². The monoisotopic (exact) mass is 249 g/mol. The minimum atomic E-state index is -0.330. The molecule has 1 fully saturated rings. The number of carbonyl (C=O) groups excluding carboxylic acids is 1. The van der Waals surface area contributed by atoms with Crippen LogP contribution in [0.1, 0.15) is 19.0 Å². The van der Waals surface area contributed by atoms with Gasteiger partial charge in [0.05, 0.1) is 0 Å². The third-order valence-corrected chi connectivity index (χ3v) is 3.08. The van der Waals surface area contributed by atoms with Crippen LogP contribution in [0, 0.1) is 0 Å². The number of nitrogens with two attached hydrogens (primary N) is 1. The molecule has 0 spiro atoms. The molecule has 3 N–H and O–H groups in total. The predicted octanol–water partition coefficient (Wildman–Crippen LogP) is -0.307. The van der Waals surface area contributed by atoms with Gasteiger partial charge in [-0.25, -0.2) is 9.97 Å². The van der Waals surface area contributed by atoms with Crippen LogP contribution in [-0.4, -0.2) is 41.6 Å². The second kappa shape index (κ2) is 5.77. The Bertz CT molecular complexity index is 423. The van der Waals surface area contributed by atoms with Crippen molar-refractivity contribution in [2.24, 2.45) is 5.73 Å². The van der Waals surface area contributed by atoms with Gasteiger partial charge in [0.15, 0.2) is 0 Å². The number of primary amides is 1. The van der Waals surface area contributed by atoms with Gasteiger partial charge in [-0.1, -0.05) is 13.3 Å². The largest absolute Gasteiger partial charge is 0.368 e. The summed E-state index contributed by atoms with van der Waals surface area (Å²) in [6, 6.07) is 1.62. The Labute approximate surface area is 107 Å². The van der Waals surface area contributed by atoms with Gasteiger partial charge in [0.25, 0.3) is 0 Å². The lowest BCUT2D eigenvalue weighted by molar-refractivity contribution is -0.119. The summed E-state index contributed by atoms with van der Waals surface area (Å²) < 4.78 is 0. The molecule has 6 heteroatoms. The molecule has 1 amide bonds. The van der Waals surface area contributed by atoms with Crippen LogP contribution in [-0.2, 0) is 11.2 Å². The molecule has 0 aromatic carbocycles. The summed E-state index contributed by atoms with van der Waals surface area (Å²) in [5, 5.41) is 3.17. The van der Waals surface area contributed by atoms with E-state index in [1.165, 1.54) is 0 Å². The first kappa shape index (κ1) is 12.8. The number of nitrogens with zero attached hydrogens (tertiary/aromatic N) is 3. The number of carbonyl (C=O) groups is 1. The van der Waals surface area contributed by atoms with Gasteiger partial charge < -0.3 is 16.0 Å². The van der Waals surface area contributed by atoms with Gasteiger partial charge in [0.1, 0.15) is 18.2 Å². The van der Waals surface area contributed by atoms with Crippen LogP contribution >= 0.6 is 0 Å². The second-order valence-corrected chi connectivity index (χ2v) is 4.43. The van der Waals surface area contributed by atoms with Gasteiger partial charge in [-0.3, -0.25) is 4.79 Å². The number of piperazine rings is 1. The van der Waals surface area contributed by atoms with E-state index in [0.29, 0.717) is 6.54 Å². The highest BCUT2D eigenvalue weighted by atomic mass is 16.1. The van der Waals surface area contributed by atoms with Crippen LogP contribution in [0.15, 0.2) is 12.4 Å². The van der Waals surface area contributed by atoms with Crippen LogP contribution in [0.4, 0.5) is 5.82 Å². The van der Waals surface area contributed by atoms with Crippen molar-refractivity contribution in [1.29, 1.82) is 0 Å². The minimum absolute atomic E-state index is 0.321. The van der Waals surface area contributed by atoms with Gasteiger partial charge in [-0.15, -0.1) is 0 Å². The zero-order valence-electron chi connectivity index (χ0n) is 10.6. The van der Waals surface area contributed by atoms with Crippen molar-refractivity contribution >= 4 is 11.7 Å². The Balaban J connectivity index is 2.22. The molecule has 98 valence electrons. The Morgan fingerprint density at radius 3 is 3.17 bits per heavy atom. The molecule has 1 aliphatic rings. The fraction of sp³-hybridized carbons (Fsp3) is 0.583. The van der Waals surface area contributed by atoms with Crippen LogP contribution in [0.5, 0.6) is 0 Å². The van der Waals surface area contributed by atoms with E-state index in [0.717, 1.165) is 37.4 Å². The second-order valence-electron chi connectivity index (χ2n) is 4.43. The fourth-order valence-corrected chi connectivity index (χ4v) is 2.17. The van der Waals surface area contributed by atoms with Crippen molar-refractivity contribution in [2.45, 2.75) is 25.8 Å². The number of nitrogens with one attached hydrogen (secondary N) is 1. The summed E-state index contributed by atoms with van der Waals surface area (Å²) in [6.07, 6.45) is 3.51. The van der Waals surface area contributed by atoms with Crippen molar-refractivity contribution < 1.29 is 4.79 Å². The zero-order valence-corrected chi connectivity index (χ0v) is 10.6. The molecule has 1 aromatic rings. The van der Waals surface area contributed by atoms with Crippen molar-refractivity contribution in [3.63, 3.8) is 0 Å². The summed E-state index contributed by atoms with van der Waals surface area (Å²) >= 11 is 0. The van der Waals surface area contributed by atoms with Crippen LogP contribution in [0.2, 0.25) is 0 Å². The first-order chi connectivity index (χ1) is 8.72. The third-order valence-electron chi connectivity index (χ3n) is 3.08. The molecule has 1 aromatic heterocycles. The summed E-state index contributed by atoms with van der Waals surface area (Å²) in [7, 11) is 0. The molecule has 2 rings (SSSR count). The summed E-state index contributed by atoms with van der Waals surface area (Å²) in [5.41, 5.74) is 6.43. The van der Waals surface area contributed by atoms with Crippen LogP contribution < -0.4 is 16.0 Å². The molecule has 0 radical (unpaired) electrons. The molecule has 2 heterocycles. The van der Waals surface area contributed by atoms with E-state index in [1.54, 1.807) is 6.33 Å². The number of aryl methyl sites for hydroxylation is 1. The average Bonchev–Trinajstić information content (AvgIpc) is 2.39. The number of hydrogen-bond acceptors (Lipinski definition) is 5. The Morgan fingerprint density at radius 2 is 2.44 bits per heavy atom. The average molecular weight is 249 g/mol. The Morgan fingerprint density at radius 1 is 1.61 bits per heavy atom. The maximum atomic E-state index is 11.4. The molecular weight excluding hydrogens is 230 g/mol. The highest BCUT2D eigenvalue weighted by Crippen LogP contribution is 2.16. The van der Waals surface area contributed by atoms with E-state index in [9.17, 15) is 4.79 Å². The van der Waals surface area contributed by atoms with E-state index < -0.39 is 0 Å². The molecule has 1 saturated heterocycles. The summed E-state index contributed by atoms with van der Waals surface area (Å²) in [4.78, 5) is 21.9. The van der Waals surface area contributed by atoms with Crippen molar-refractivity contribution in [2.75, 3.05) is 24.5 Å². The SMILES string of the molecule is CCCc1cc(N2CCNCC2C(N)=O)ncn1. The van der Waals surface area contributed by atoms with E-state index in [4.69, 9.17) is 5.73 Å². The van der Waals surface area contributed by atoms with Gasteiger partial charge in [0, 0.05) is 31.4 Å². The fourth-order valence-electron chi connectivity index (χ4n) is 2.17. The van der Waals surface area contributed by atoms with Crippen LogP contribution in [0.3, 0.4) is 0 Å².